The van der Waals surface area contributed by atoms with Crippen LogP contribution in [0.5, 0.6) is 5.75 Å². The molecule has 0 aliphatic rings. The molecule has 3 aromatic carbocycles. The van der Waals surface area contributed by atoms with Crippen LogP contribution >= 0.6 is 11.6 Å². The molecule has 1 atom stereocenters. The predicted octanol–water partition coefficient (Wildman–Crippen LogP) is 4.10. The maximum Gasteiger partial charge on any atom is 0.264 e. The van der Waals surface area contributed by atoms with Crippen molar-refractivity contribution in [2.45, 2.75) is 30.8 Å². The summed E-state index contributed by atoms with van der Waals surface area (Å²) in [5.74, 6) is -0.671. The van der Waals surface area contributed by atoms with E-state index in [0.29, 0.717) is 6.42 Å². The van der Waals surface area contributed by atoms with Crippen LogP contribution in [0.4, 0.5) is 5.69 Å². The van der Waals surface area contributed by atoms with Gasteiger partial charge >= 0.3 is 0 Å². The molecular formula is C27H30ClN3O5S. The summed E-state index contributed by atoms with van der Waals surface area (Å²) >= 11 is 6.23. The topological polar surface area (TPSA) is 96.0 Å². The summed E-state index contributed by atoms with van der Waals surface area (Å²) in [5, 5.41) is 2.87. The number of ether oxygens (including phenoxy) is 1. The largest absolute Gasteiger partial charge is 0.495 e. The molecule has 0 unspecified atom stereocenters. The fraction of sp³-hybridized carbons (Fsp3) is 0.259. The summed E-state index contributed by atoms with van der Waals surface area (Å²) in [6.07, 6.45) is 0.337. The molecule has 0 saturated carbocycles. The normalized spacial score (nSPS) is 11.9. The number of hydrogen-bond acceptors (Lipinski definition) is 5. The second-order valence-corrected chi connectivity index (χ2v) is 10.5. The number of sulfonamides is 1. The van der Waals surface area contributed by atoms with Crippen molar-refractivity contribution in [3.05, 3.63) is 89.4 Å². The van der Waals surface area contributed by atoms with E-state index >= 15 is 0 Å². The number of methoxy groups -OCH3 is 1. The molecule has 0 aliphatic heterocycles. The van der Waals surface area contributed by atoms with Crippen molar-refractivity contribution in [2.24, 2.45) is 0 Å². The molecule has 2 amide bonds. The highest BCUT2D eigenvalue weighted by Gasteiger charge is 2.34. The van der Waals surface area contributed by atoms with Gasteiger partial charge in [-0.15, -0.1) is 0 Å². The van der Waals surface area contributed by atoms with Gasteiger partial charge in [0.2, 0.25) is 11.8 Å². The Bertz CT molecular complexity index is 1320. The molecule has 0 spiro atoms. The Kier molecular flexibility index (Phi) is 9.54. The van der Waals surface area contributed by atoms with Gasteiger partial charge in [-0.25, -0.2) is 8.42 Å². The third-order valence-corrected chi connectivity index (χ3v) is 7.86. The number of anilines is 1. The van der Waals surface area contributed by atoms with E-state index in [1.54, 1.807) is 31.2 Å². The highest BCUT2D eigenvalue weighted by Crippen LogP contribution is 2.35. The van der Waals surface area contributed by atoms with Crippen molar-refractivity contribution in [2.75, 3.05) is 25.0 Å². The quantitative estimate of drug-likeness (QED) is 0.393. The summed E-state index contributed by atoms with van der Waals surface area (Å²) < 4.78 is 34.1. The molecule has 0 saturated heterocycles. The molecule has 37 heavy (non-hydrogen) atoms. The molecule has 0 fully saturated rings. The highest BCUT2D eigenvalue weighted by molar-refractivity contribution is 7.92. The van der Waals surface area contributed by atoms with Gasteiger partial charge in [0.15, 0.2) is 0 Å². The van der Waals surface area contributed by atoms with Crippen molar-refractivity contribution in [1.82, 2.24) is 10.2 Å². The molecule has 0 aromatic heterocycles. The van der Waals surface area contributed by atoms with E-state index in [4.69, 9.17) is 16.3 Å². The number of likely N-dealkylation sites (N-methyl/N-ethyl adjacent to an activating group) is 1. The maximum absolute atomic E-state index is 13.9. The van der Waals surface area contributed by atoms with Gasteiger partial charge < -0.3 is 15.0 Å². The Morgan fingerprint density at radius 1 is 1.00 bits per heavy atom. The Hall–Kier alpha value is -3.56. The van der Waals surface area contributed by atoms with E-state index in [2.05, 4.69) is 5.32 Å². The number of carbonyl (C=O) groups is 2. The third-order valence-electron chi connectivity index (χ3n) is 5.85. The van der Waals surface area contributed by atoms with E-state index in [9.17, 15) is 18.0 Å². The molecule has 10 heteroatoms. The lowest BCUT2D eigenvalue weighted by Gasteiger charge is -2.33. The zero-order chi connectivity index (χ0) is 27.0. The first kappa shape index (κ1) is 28.0. The maximum atomic E-state index is 13.9. The van der Waals surface area contributed by atoms with Gasteiger partial charge in [0.1, 0.15) is 18.3 Å². The molecule has 8 nitrogen and oxygen atoms in total. The smallest absolute Gasteiger partial charge is 0.264 e. The van der Waals surface area contributed by atoms with Crippen LogP contribution in [0.3, 0.4) is 0 Å². The number of amides is 2. The van der Waals surface area contributed by atoms with E-state index in [0.717, 1.165) is 9.87 Å². The van der Waals surface area contributed by atoms with Gasteiger partial charge in [-0.2, -0.15) is 0 Å². The van der Waals surface area contributed by atoms with Crippen LogP contribution in [0.2, 0.25) is 5.02 Å². The van der Waals surface area contributed by atoms with E-state index < -0.39 is 28.5 Å². The minimum atomic E-state index is -4.22. The summed E-state index contributed by atoms with van der Waals surface area (Å²) in [5.41, 5.74) is 0.913. The molecule has 1 N–H and O–H groups in total. The molecule has 0 aliphatic carbocycles. The average molecular weight is 544 g/mol. The number of benzene rings is 3. The first-order valence-corrected chi connectivity index (χ1v) is 13.5. The third kappa shape index (κ3) is 6.61. The van der Waals surface area contributed by atoms with E-state index in [1.807, 2.05) is 30.3 Å². The van der Waals surface area contributed by atoms with Crippen molar-refractivity contribution >= 4 is 39.1 Å². The van der Waals surface area contributed by atoms with Crippen LogP contribution in [0.15, 0.2) is 83.8 Å². The predicted molar refractivity (Wildman–Crippen MR) is 144 cm³/mol. The van der Waals surface area contributed by atoms with Crippen molar-refractivity contribution in [3.8, 4) is 5.75 Å². The average Bonchev–Trinajstić information content (AvgIpc) is 2.92. The van der Waals surface area contributed by atoms with Crippen LogP contribution in [0, 0.1) is 0 Å². The Balaban J connectivity index is 2.11. The second-order valence-electron chi connectivity index (χ2n) is 8.19. The summed E-state index contributed by atoms with van der Waals surface area (Å²) in [6, 6.07) is 20.7. The summed E-state index contributed by atoms with van der Waals surface area (Å²) in [4.78, 5) is 28.0. The van der Waals surface area contributed by atoms with Crippen LogP contribution in [-0.4, -0.2) is 51.9 Å². The van der Waals surface area contributed by atoms with Crippen LogP contribution in [-0.2, 0) is 26.2 Å². The standard InChI is InChI=1S/C27H30ClN3O5S/c1-4-23(27(33)29-2)30(18-20-11-7-5-8-12-20)26(32)19-31(24-17-21(28)15-16-25(24)36-3)37(34,35)22-13-9-6-10-14-22/h5-17,23H,4,18-19H2,1-3H3,(H,29,33)/t23-/m1/s1. The molecule has 196 valence electrons. The van der Waals surface area contributed by atoms with Crippen molar-refractivity contribution in [1.29, 1.82) is 0 Å². The fourth-order valence-corrected chi connectivity index (χ4v) is 5.56. The number of hydrogen-bond donors (Lipinski definition) is 1. The Labute approximate surface area is 222 Å². The number of nitrogens with zero attached hydrogens (tertiary/aromatic N) is 2. The van der Waals surface area contributed by atoms with Gasteiger partial charge in [-0.3, -0.25) is 13.9 Å². The number of carbonyl (C=O) groups excluding carboxylic acids is 2. The summed E-state index contributed by atoms with van der Waals surface area (Å²) in [6.45, 7) is 1.34. The Morgan fingerprint density at radius 2 is 1.62 bits per heavy atom. The van der Waals surface area contributed by atoms with Gasteiger partial charge in [-0.1, -0.05) is 67.1 Å². The fourth-order valence-electron chi connectivity index (χ4n) is 3.96. The number of halogens is 1. The Morgan fingerprint density at radius 3 is 2.19 bits per heavy atom. The molecule has 0 radical (unpaired) electrons. The van der Waals surface area contributed by atoms with Gasteiger partial charge in [0, 0.05) is 18.6 Å². The van der Waals surface area contributed by atoms with Gasteiger partial charge in [0.25, 0.3) is 10.0 Å². The number of rotatable bonds is 11. The minimum Gasteiger partial charge on any atom is -0.495 e. The molecule has 0 heterocycles. The van der Waals surface area contributed by atoms with Crippen molar-refractivity contribution in [3.63, 3.8) is 0 Å². The van der Waals surface area contributed by atoms with E-state index in [1.165, 1.54) is 43.3 Å². The first-order chi connectivity index (χ1) is 17.7. The lowest BCUT2D eigenvalue weighted by Crippen LogP contribution is -2.51. The second kappa shape index (κ2) is 12.6. The zero-order valence-corrected chi connectivity index (χ0v) is 22.5. The van der Waals surface area contributed by atoms with Gasteiger partial charge in [-0.05, 0) is 42.3 Å². The van der Waals surface area contributed by atoms with Crippen LogP contribution in [0.25, 0.3) is 0 Å². The first-order valence-electron chi connectivity index (χ1n) is 11.7. The minimum absolute atomic E-state index is 0.00205. The monoisotopic (exact) mass is 543 g/mol. The van der Waals surface area contributed by atoms with E-state index in [-0.39, 0.29) is 33.8 Å². The zero-order valence-electron chi connectivity index (χ0n) is 20.9. The van der Waals surface area contributed by atoms with Crippen molar-refractivity contribution < 1.29 is 22.7 Å². The van der Waals surface area contributed by atoms with Gasteiger partial charge in [0.05, 0.1) is 17.7 Å². The summed E-state index contributed by atoms with van der Waals surface area (Å²) in [7, 11) is -1.31. The SMILES string of the molecule is CC[C@H](C(=O)NC)N(Cc1ccccc1)C(=O)CN(c1cc(Cl)ccc1OC)S(=O)(=O)c1ccccc1. The lowest BCUT2D eigenvalue weighted by molar-refractivity contribution is -0.140. The molecule has 3 rings (SSSR count). The van der Waals surface area contributed by atoms with Crippen LogP contribution in [0.1, 0.15) is 18.9 Å². The highest BCUT2D eigenvalue weighted by atomic mass is 35.5. The molecule has 0 bridgehead atoms. The molecule has 3 aromatic rings. The lowest BCUT2D eigenvalue weighted by atomic mass is 10.1. The van der Waals surface area contributed by atoms with Crippen LogP contribution < -0.4 is 14.4 Å². The number of nitrogens with one attached hydrogen (secondary N) is 1. The molecular weight excluding hydrogens is 514 g/mol.